The van der Waals surface area contributed by atoms with E-state index in [4.69, 9.17) is 57.8 Å². The van der Waals surface area contributed by atoms with E-state index in [1.165, 1.54) is 0 Å². The van der Waals surface area contributed by atoms with Crippen LogP contribution in [0.3, 0.4) is 0 Å². The van der Waals surface area contributed by atoms with E-state index in [1.54, 1.807) is 0 Å². The Bertz CT molecular complexity index is 1930. The van der Waals surface area contributed by atoms with Crippen LogP contribution in [0.5, 0.6) is 0 Å². The number of nitrogens with two attached hydrogens (primary N) is 1. The second-order valence-electron chi connectivity index (χ2n) is 18.8. The molecule has 36 heteroatoms. The Morgan fingerprint density at radius 2 is 0.974 bits per heavy atom. The van der Waals surface area contributed by atoms with Crippen LogP contribution in [0.2, 0.25) is 0 Å². The van der Waals surface area contributed by atoms with Gasteiger partial charge in [-0.25, -0.2) is 14.4 Å². The summed E-state index contributed by atoms with van der Waals surface area (Å²) in [6.45, 7) is -5.74. The summed E-state index contributed by atoms with van der Waals surface area (Å²) in [6.07, 6.45) is -61.5. The summed E-state index contributed by atoms with van der Waals surface area (Å²) < 4.78 is 60.8. The van der Waals surface area contributed by atoms with Crippen molar-refractivity contribution >= 4 is 17.9 Å². The third-order valence-electron chi connectivity index (χ3n) is 13.7. The summed E-state index contributed by atoms with van der Waals surface area (Å²) in [5.41, 5.74) is 5.96. The van der Waals surface area contributed by atoms with Gasteiger partial charge in [0.2, 0.25) is 0 Å². The summed E-state index contributed by atoms with van der Waals surface area (Å²) in [6, 6.07) is -1.65. The SMILES string of the molecule is N[C@H]1[C@H](O[C@@H]2[C@H](O)[C@@H](O[C@H]3[C@@H]([C@H](O)CO)O[C@@](O)(C(=O)O)C[C@H]3O[C@]3(C(=O)O)C[C@@H](O)[C@@H](O[C@H]4O[C@H](C(=O)O)[C@H](O[C@H]5O[C@H](CO)[C@@H](O)[C@H](O)[C@H]5O)[C@H](O)[C@H]4O)[C@@H]([C@H](O)CO)O3)O[C@H](CO)[C@H]2O)O[C@H](CO)[C@@H](O)[C@@H]1O. The fourth-order valence-corrected chi connectivity index (χ4v) is 9.43. The van der Waals surface area contributed by atoms with Crippen LogP contribution in [-0.4, -0.2) is 341 Å². The van der Waals surface area contributed by atoms with Crippen LogP contribution < -0.4 is 5.73 Å². The first-order chi connectivity index (χ1) is 35.6. The first-order valence-corrected chi connectivity index (χ1v) is 23.3. The van der Waals surface area contributed by atoms with E-state index < -0.39 is 247 Å². The number of carboxylic acids is 3. The van der Waals surface area contributed by atoms with Crippen molar-refractivity contribution in [3.63, 3.8) is 0 Å². The Kier molecular flexibility index (Phi) is 20.8. The van der Waals surface area contributed by atoms with E-state index in [9.17, 15) is 122 Å². The zero-order chi connectivity index (χ0) is 56.6. The zero-order valence-electron chi connectivity index (χ0n) is 39.3. The molecule has 0 aromatic carbocycles. The van der Waals surface area contributed by atoms with Gasteiger partial charge in [0.05, 0.1) is 51.3 Å². The smallest absolute Gasteiger partial charge is 0.364 e. The maximum atomic E-state index is 13.4. The quantitative estimate of drug-likeness (QED) is 0.0538. The zero-order valence-corrected chi connectivity index (χ0v) is 39.3. The molecule has 0 bridgehead atoms. The first-order valence-electron chi connectivity index (χ1n) is 23.3. The lowest BCUT2D eigenvalue weighted by Crippen LogP contribution is -2.70. The van der Waals surface area contributed by atoms with Crippen LogP contribution in [0.25, 0.3) is 0 Å². The highest BCUT2D eigenvalue weighted by Gasteiger charge is 2.63. The van der Waals surface area contributed by atoms with E-state index >= 15 is 0 Å². The minimum atomic E-state index is -3.53. The molecule has 0 saturated carbocycles. The number of carboxylic acid groups (broad SMARTS) is 3. The molecule has 0 spiro atoms. The van der Waals surface area contributed by atoms with Crippen molar-refractivity contribution in [3.05, 3.63) is 0 Å². The summed E-state index contributed by atoms with van der Waals surface area (Å²) in [4.78, 5) is 38.4. The molecule has 76 heavy (non-hydrogen) atoms. The van der Waals surface area contributed by atoms with Gasteiger partial charge in [0.25, 0.3) is 11.6 Å². The molecule has 0 unspecified atom stereocenters. The maximum Gasteiger partial charge on any atom is 0.364 e. The summed E-state index contributed by atoms with van der Waals surface area (Å²) in [5.74, 6) is -13.5. The summed E-state index contributed by atoms with van der Waals surface area (Å²) in [5, 5.41) is 222. The van der Waals surface area contributed by atoms with Gasteiger partial charge < -0.3 is 165 Å². The Morgan fingerprint density at radius 3 is 1.50 bits per heavy atom. The third-order valence-corrected chi connectivity index (χ3v) is 13.7. The van der Waals surface area contributed by atoms with Gasteiger partial charge in [-0.15, -0.1) is 0 Å². The van der Waals surface area contributed by atoms with Crippen LogP contribution in [0.15, 0.2) is 0 Å². The van der Waals surface area contributed by atoms with E-state index in [-0.39, 0.29) is 0 Å². The number of carbonyl (C=O) groups is 3. The van der Waals surface area contributed by atoms with E-state index in [1.807, 2.05) is 0 Å². The number of hydrogen-bond donors (Lipinski definition) is 22. The lowest BCUT2D eigenvalue weighted by atomic mass is 9.89. The number of ether oxygens (including phenoxy) is 11. The Labute approximate surface area is 426 Å². The minimum Gasteiger partial charge on any atom is -0.479 e. The average Bonchev–Trinajstić information content (AvgIpc) is 3.40. The lowest BCUT2D eigenvalue weighted by molar-refractivity contribution is -0.404. The first kappa shape index (κ1) is 62.4. The predicted molar refractivity (Wildman–Crippen MR) is 224 cm³/mol. The molecule has 0 aromatic rings. The fraction of sp³-hybridized carbons (Fsp3) is 0.925. The number of aliphatic carboxylic acids is 3. The normalized spacial score (nSPS) is 49.1. The second kappa shape index (κ2) is 25.3. The molecule has 6 aliphatic heterocycles. The average molecular weight is 1120 g/mol. The number of hydrogen-bond acceptors (Lipinski definition) is 33. The predicted octanol–water partition coefficient (Wildman–Crippen LogP) is -14.4. The summed E-state index contributed by atoms with van der Waals surface area (Å²) >= 11 is 0. The van der Waals surface area contributed by atoms with E-state index in [2.05, 4.69) is 0 Å². The molecule has 6 fully saturated rings. The van der Waals surface area contributed by atoms with Crippen molar-refractivity contribution < 1.29 is 174 Å². The maximum absolute atomic E-state index is 13.4. The Morgan fingerprint density at radius 1 is 0.513 bits per heavy atom. The lowest BCUT2D eigenvalue weighted by Gasteiger charge is -2.52. The molecule has 6 rings (SSSR count). The van der Waals surface area contributed by atoms with Crippen molar-refractivity contribution in [2.24, 2.45) is 5.73 Å². The number of aliphatic hydroxyl groups is 18. The van der Waals surface area contributed by atoms with E-state index in [0.717, 1.165) is 0 Å². The van der Waals surface area contributed by atoms with Crippen LogP contribution in [0, 0.1) is 0 Å². The van der Waals surface area contributed by atoms with Gasteiger partial charge in [-0.05, 0) is 0 Å². The molecule has 440 valence electrons. The highest BCUT2D eigenvalue weighted by Crippen LogP contribution is 2.43. The van der Waals surface area contributed by atoms with Crippen molar-refractivity contribution in [1.29, 1.82) is 0 Å². The fourth-order valence-electron chi connectivity index (χ4n) is 9.43. The Balaban J connectivity index is 1.30. The highest BCUT2D eigenvalue weighted by atomic mass is 16.8. The van der Waals surface area contributed by atoms with Crippen molar-refractivity contribution in [2.75, 3.05) is 33.0 Å². The second-order valence-corrected chi connectivity index (χ2v) is 18.8. The standard InChI is InChI=1S/C40H65NO35/c41-15-19(53)16(50)12(5-44)66-33(15)71-29-18(52)14(7-46)68-36(24(29)58)70-28-11(2-39(65,37(61)62)75-27(28)10(49)4-43)74-40(38(63)64)1-8(47)25(26(76-40)9(48)3-42)69-35-23(57)21(55)30(31(73-35)32(59)60)72-34-22(56)20(54)17(51)13(6-45)67-34/h8-31,33-36,42-58,65H,1-7,41H2,(H,59,60)(H,61,62)(H,63,64)/t8-,9-,10-,11-,12-,13-,14-,15-,16-,17-,18-,19-,20+,21-,22-,23-,24+,25-,26-,27-,28-,29+,30-,31+,33+,34-,35+,36-,39-,40-/m1/s1. The van der Waals surface area contributed by atoms with Crippen molar-refractivity contribution in [3.8, 4) is 0 Å². The van der Waals surface area contributed by atoms with Gasteiger partial charge in [-0.3, -0.25) is 0 Å². The molecule has 6 saturated heterocycles. The van der Waals surface area contributed by atoms with Gasteiger partial charge in [0, 0.05) is 12.8 Å². The molecule has 36 nitrogen and oxygen atoms in total. The van der Waals surface area contributed by atoms with Gasteiger partial charge in [-0.2, -0.15) is 0 Å². The monoisotopic (exact) mass is 1120 g/mol. The molecule has 0 amide bonds. The molecule has 6 heterocycles. The topological polar surface area (TPSA) is 604 Å². The highest BCUT2D eigenvalue weighted by molar-refractivity contribution is 5.77. The molecule has 30 atom stereocenters. The minimum absolute atomic E-state index is 0.911. The number of rotatable bonds is 20. The summed E-state index contributed by atoms with van der Waals surface area (Å²) in [7, 11) is 0. The van der Waals surface area contributed by atoms with Gasteiger partial charge in [0.15, 0.2) is 31.3 Å². The molecule has 23 N–H and O–H groups in total. The van der Waals surface area contributed by atoms with Crippen LogP contribution in [0.1, 0.15) is 12.8 Å². The molecule has 6 aliphatic rings. The molecule has 0 radical (unpaired) electrons. The van der Waals surface area contributed by atoms with Crippen LogP contribution in [0.4, 0.5) is 0 Å². The molecular weight excluding hydrogens is 1050 g/mol. The van der Waals surface area contributed by atoms with Gasteiger partial charge in [-0.1, -0.05) is 0 Å². The van der Waals surface area contributed by atoms with Gasteiger partial charge in [0.1, 0.15) is 122 Å². The molecule has 0 aromatic heterocycles. The third kappa shape index (κ3) is 12.4. The van der Waals surface area contributed by atoms with Crippen LogP contribution >= 0.6 is 0 Å². The molecular formula is C40H65NO35. The van der Waals surface area contributed by atoms with Crippen LogP contribution in [-0.2, 0) is 66.5 Å². The Hall–Kier alpha value is -2.79. The van der Waals surface area contributed by atoms with E-state index in [0.29, 0.717) is 0 Å². The largest absolute Gasteiger partial charge is 0.479 e. The molecule has 0 aliphatic carbocycles. The number of aliphatic hydroxyl groups excluding tert-OH is 17. The van der Waals surface area contributed by atoms with Crippen molar-refractivity contribution in [2.45, 2.75) is 196 Å². The van der Waals surface area contributed by atoms with Gasteiger partial charge >= 0.3 is 17.9 Å². The van der Waals surface area contributed by atoms with Crippen molar-refractivity contribution in [1.82, 2.24) is 0 Å².